The molecular weight excluding hydrogens is 296 g/mol. The van der Waals surface area contributed by atoms with Crippen molar-refractivity contribution in [1.29, 1.82) is 0 Å². The summed E-state index contributed by atoms with van der Waals surface area (Å²) >= 11 is 0. The number of nitrogens with zero attached hydrogens (tertiary/aromatic N) is 3. The van der Waals surface area contributed by atoms with Crippen molar-refractivity contribution in [2.75, 3.05) is 65.5 Å². The molecule has 2 aliphatic heterocycles. The zero-order valence-corrected chi connectivity index (χ0v) is 14.4. The molecule has 0 aromatic heterocycles. The lowest BCUT2D eigenvalue weighted by Gasteiger charge is -2.36. The van der Waals surface area contributed by atoms with E-state index in [4.69, 9.17) is 4.74 Å². The molecule has 1 atom stereocenters. The van der Waals surface area contributed by atoms with Crippen LogP contribution in [0, 0.1) is 0 Å². The maximum atomic E-state index is 12.3. The standard InChI is InChI=1S/C16H30N4O3/c1-3-4-17-15(21)12-18-5-7-19(8-6-18)13-16(22)20-9-10-23-14(2)11-20/h14H,3-13H2,1-2H3,(H,17,21). The summed E-state index contributed by atoms with van der Waals surface area (Å²) in [6.45, 7) is 11.1. The van der Waals surface area contributed by atoms with Crippen LogP contribution in [0.3, 0.4) is 0 Å². The maximum Gasteiger partial charge on any atom is 0.236 e. The van der Waals surface area contributed by atoms with Crippen LogP contribution >= 0.6 is 0 Å². The molecule has 0 radical (unpaired) electrons. The van der Waals surface area contributed by atoms with Crippen LogP contribution in [0.25, 0.3) is 0 Å². The third-order valence-electron chi connectivity index (χ3n) is 4.36. The number of morpholine rings is 1. The quantitative estimate of drug-likeness (QED) is 0.705. The first kappa shape index (κ1) is 18.2. The van der Waals surface area contributed by atoms with Crippen molar-refractivity contribution in [3.8, 4) is 0 Å². The highest BCUT2D eigenvalue weighted by atomic mass is 16.5. The van der Waals surface area contributed by atoms with Gasteiger partial charge >= 0.3 is 0 Å². The Morgan fingerprint density at radius 1 is 1.09 bits per heavy atom. The number of nitrogens with one attached hydrogen (secondary N) is 1. The Hall–Kier alpha value is -1.18. The van der Waals surface area contributed by atoms with E-state index in [1.807, 2.05) is 18.7 Å². The molecule has 2 aliphatic rings. The highest BCUT2D eigenvalue weighted by Crippen LogP contribution is 2.07. The average molecular weight is 326 g/mol. The predicted molar refractivity (Wildman–Crippen MR) is 88.2 cm³/mol. The first-order chi connectivity index (χ1) is 11.1. The van der Waals surface area contributed by atoms with Crippen molar-refractivity contribution in [2.24, 2.45) is 0 Å². The number of rotatable bonds is 6. The number of hydrogen-bond donors (Lipinski definition) is 1. The molecule has 1 N–H and O–H groups in total. The van der Waals surface area contributed by atoms with E-state index in [0.29, 0.717) is 32.8 Å². The summed E-state index contributed by atoms with van der Waals surface area (Å²) in [5.74, 6) is 0.285. The molecule has 0 saturated carbocycles. The van der Waals surface area contributed by atoms with Crippen molar-refractivity contribution >= 4 is 11.8 Å². The first-order valence-corrected chi connectivity index (χ1v) is 8.69. The minimum absolute atomic E-state index is 0.0960. The summed E-state index contributed by atoms with van der Waals surface area (Å²) in [6.07, 6.45) is 1.09. The lowest BCUT2D eigenvalue weighted by molar-refractivity contribution is -0.140. The monoisotopic (exact) mass is 326 g/mol. The topological polar surface area (TPSA) is 65.1 Å². The number of amides is 2. The van der Waals surface area contributed by atoms with E-state index in [2.05, 4.69) is 15.1 Å². The van der Waals surface area contributed by atoms with E-state index in [1.165, 1.54) is 0 Å². The fourth-order valence-electron chi connectivity index (χ4n) is 2.97. The largest absolute Gasteiger partial charge is 0.375 e. The zero-order chi connectivity index (χ0) is 16.7. The second kappa shape index (κ2) is 9.20. The van der Waals surface area contributed by atoms with Gasteiger partial charge in [-0.1, -0.05) is 6.92 Å². The Kier molecular flexibility index (Phi) is 7.26. The zero-order valence-electron chi connectivity index (χ0n) is 14.4. The normalized spacial score (nSPS) is 23.7. The summed E-state index contributed by atoms with van der Waals surface area (Å²) < 4.78 is 5.48. The fourth-order valence-corrected chi connectivity index (χ4v) is 2.97. The summed E-state index contributed by atoms with van der Waals surface area (Å²) in [6, 6.07) is 0. The molecule has 0 aliphatic carbocycles. The van der Waals surface area contributed by atoms with Gasteiger partial charge in [-0.25, -0.2) is 0 Å². The van der Waals surface area contributed by atoms with Crippen LogP contribution in [-0.2, 0) is 14.3 Å². The highest BCUT2D eigenvalue weighted by molar-refractivity contribution is 5.78. The molecule has 2 rings (SSSR count). The van der Waals surface area contributed by atoms with Crippen molar-refractivity contribution in [1.82, 2.24) is 20.0 Å². The summed E-state index contributed by atoms with van der Waals surface area (Å²) in [7, 11) is 0. The number of piperazine rings is 1. The van der Waals surface area contributed by atoms with Crippen LogP contribution in [0.1, 0.15) is 20.3 Å². The summed E-state index contributed by atoms with van der Waals surface area (Å²) in [5, 5.41) is 2.90. The Balaban J connectivity index is 1.66. The van der Waals surface area contributed by atoms with Crippen LogP contribution in [0.5, 0.6) is 0 Å². The Bertz CT molecular complexity index is 397. The third-order valence-corrected chi connectivity index (χ3v) is 4.36. The molecule has 0 bridgehead atoms. The van der Waals surface area contributed by atoms with Gasteiger partial charge in [0.1, 0.15) is 0 Å². The van der Waals surface area contributed by atoms with Gasteiger partial charge in [0.25, 0.3) is 0 Å². The number of carbonyl (C=O) groups is 2. The molecule has 2 amide bonds. The van der Waals surface area contributed by atoms with Crippen LogP contribution in [0.4, 0.5) is 0 Å². The van der Waals surface area contributed by atoms with Gasteiger partial charge in [0.05, 0.1) is 25.8 Å². The number of hydrogen-bond acceptors (Lipinski definition) is 5. The molecule has 7 heteroatoms. The predicted octanol–water partition coefficient (Wildman–Crippen LogP) is -0.622. The molecule has 23 heavy (non-hydrogen) atoms. The molecule has 1 unspecified atom stereocenters. The van der Waals surface area contributed by atoms with Crippen molar-refractivity contribution in [2.45, 2.75) is 26.4 Å². The van der Waals surface area contributed by atoms with Gasteiger partial charge < -0.3 is 15.0 Å². The van der Waals surface area contributed by atoms with E-state index in [0.717, 1.165) is 39.1 Å². The highest BCUT2D eigenvalue weighted by Gasteiger charge is 2.25. The first-order valence-electron chi connectivity index (χ1n) is 8.69. The Labute approximate surface area is 138 Å². The van der Waals surface area contributed by atoms with Crippen molar-refractivity contribution in [3.63, 3.8) is 0 Å². The number of carbonyl (C=O) groups excluding carboxylic acids is 2. The molecule has 7 nitrogen and oxygen atoms in total. The van der Waals surface area contributed by atoms with Gasteiger partial charge in [0.2, 0.25) is 11.8 Å². The second-order valence-electron chi connectivity index (χ2n) is 6.42. The minimum Gasteiger partial charge on any atom is -0.375 e. The van der Waals surface area contributed by atoms with Gasteiger partial charge in [-0.3, -0.25) is 19.4 Å². The van der Waals surface area contributed by atoms with Crippen LogP contribution < -0.4 is 5.32 Å². The van der Waals surface area contributed by atoms with E-state index < -0.39 is 0 Å². The SMILES string of the molecule is CCCNC(=O)CN1CCN(CC(=O)N2CCOC(C)C2)CC1. The Morgan fingerprint density at radius 2 is 1.74 bits per heavy atom. The smallest absolute Gasteiger partial charge is 0.236 e. The van der Waals surface area contributed by atoms with Gasteiger partial charge in [-0.2, -0.15) is 0 Å². The molecule has 0 aromatic rings. The van der Waals surface area contributed by atoms with Gasteiger partial charge in [-0.05, 0) is 13.3 Å². The number of ether oxygens (including phenoxy) is 1. The average Bonchev–Trinajstić information content (AvgIpc) is 2.54. The molecular formula is C16H30N4O3. The second-order valence-corrected chi connectivity index (χ2v) is 6.42. The lowest BCUT2D eigenvalue weighted by Crippen LogP contribution is -2.53. The van der Waals surface area contributed by atoms with Gasteiger partial charge in [-0.15, -0.1) is 0 Å². The summed E-state index contributed by atoms with van der Waals surface area (Å²) in [5.41, 5.74) is 0. The van der Waals surface area contributed by atoms with Crippen LogP contribution in [-0.4, -0.2) is 98.1 Å². The van der Waals surface area contributed by atoms with Crippen LogP contribution in [0.2, 0.25) is 0 Å². The van der Waals surface area contributed by atoms with Crippen LogP contribution in [0.15, 0.2) is 0 Å². The maximum absolute atomic E-state index is 12.3. The minimum atomic E-state index is 0.0960. The van der Waals surface area contributed by atoms with Gasteiger partial charge in [0, 0.05) is 45.8 Å². The molecule has 0 spiro atoms. The molecule has 132 valence electrons. The lowest BCUT2D eigenvalue weighted by atomic mass is 10.2. The van der Waals surface area contributed by atoms with Gasteiger partial charge in [0.15, 0.2) is 0 Å². The van der Waals surface area contributed by atoms with Crippen molar-refractivity contribution in [3.05, 3.63) is 0 Å². The van der Waals surface area contributed by atoms with Crippen molar-refractivity contribution < 1.29 is 14.3 Å². The third kappa shape index (κ3) is 6.08. The molecule has 0 aromatic carbocycles. The van der Waals surface area contributed by atoms with E-state index in [-0.39, 0.29) is 17.9 Å². The molecule has 2 saturated heterocycles. The Morgan fingerprint density at radius 3 is 2.35 bits per heavy atom. The van der Waals surface area contributed by atoms with E-state index in [9.17, 15) is 9.59 Å². The molecule has 2 fully saturated rings. The van der Waals surface area contributed by atoms with E-state index >= 15 is 0 Å². The fraction of sp³-hybridized carbons (Fsp3) is 0.875. The van der Waals surface area contributed by atoms with E-state index in [1.54, 1.807) is 0 Å². The molecule has 2 heterocycles. The summed E-state index contributed by atoms with van der Waals surface area (Å²) in [4.78, 5) is 30.3.